The zero-order valence-corrected chi connectivity index (χ0v) is 21.1. The number of aliphatic carboxylic acids is 1. The summed E-state index contributed by atoms with van der Waals surface area (Å²) in [6.45, 7) is 2.08. The van der Waals surface area contributed by atoms with Crippen LogP contribution in [0.5, 0.6) is 0 Å². The molecule has 0 spiro atoms. The Hall–Kier alpha value is -3.80. The lowest BCUT2D eigenvalue weighted by Gasteiger charge is -2.32. The van der Waals surface area contributed by atoms with Crippen molar-refractivity contribution in [3.63, 3.8) is 0 Å². The van der Waals surface area contributed by atoms with Crippen molar-refractivity contribution in [2.24, 2.45) is 5.73 Å². The quantitative estimate of drug-likeness (QED) is 0.407. The first kappa shape index (κ1) is 28.8. The minimum absolute atomic E-state index is 0.0734. The zero-order valence-electron chi connectivity index (χ0n) is 20.3. The van der Waals surface area contributed by atoms with Crippen molar-refractivity contribution in [2.45, 2.75) is 31.5 Å². The first-order valence-corrected chi connectivity index (χ1v) is 12.2. The largest absolute Gasteiger partial charge is 0.490 e. The van der Waals surface area contributed by atoms with Crippen LogP contribution >= 0.6 is 11.6 Å². The SMILES string of the molecule is NCc1cccc(C2CCN(C(=O)c3cccc(C#Cc4ccc(Cl)cc4)c3)CC2)c1.O=C(O)C(F)(F)F. The molecule has 198 valence electrons. The fourth-order valence-corrected chi connectivity index (χ4v) is 4.11. The topological polar surface area (TPSA) is 83.6 Å². The molecule has 0 unspecified atom stereocenters. The summed E-state index contributed by atoms with van der Waals surface area (Å²) in [5, 5.41) is 7.81. The predicted octanol–water partition coefficient (Wildman–Crippen LogP) is 5.85. The number of nitrogens with zero attached hydrogens (tertiary/aromatic N) is 1. The van der Waals surface area contributed by atoms with E-state index in [-0.39, 0.29) is 5.91 Å². The minimum atomic E-state index is -5.08. The Bertz CT molecular complexity index is 1320. The molecule has 1 aliphatic rings. The Morgan fingerprint density at radius 3 is 2.16 bits per heavy atom. The summed E-state index contributed by atoms with van der Waals surface area (Å²) >= 11 is 5.92. The third-order valence-electron chi connectivity index (χ3n) is 5.99. The smallest absolute Gasteiger partial charge is 0.475 e. The average Bonchev–Trinajstić information content (AvgIpc) is 2.92. The van der Waals surface area contributed by atoms with E-state index in [1.165, 1.54) is 5.56 Å². The summed E-state index contributed by atoms with van der Waals surface area (Å²) in [6, 6.07) is 23.5. The van der Waals surface area contributed by atoms with Crippen LogP contribution in [0.1, 0.15) is 51.4 Å². The van der Waals surface area contributed by atoms with Crippen LogP contribution in [-0.4, -0.2) is 41.1 Å². The van der Waals surface area contributed by atoms with Gasteiger partial charge in [0.2, 0.25) is 0 Å². The molecule has 0 aromatic heterocycles. The first-order valence-electron chi connectivity index (χ1n) is 11.8. The van der Waals surface area contributed by atoms with E-state index < -0.39 is 12.1 Å². The number of hydrogen-bond acceptors (Lipinski definition) is 3. The molecule has 1 amide bonds. The number of carboxylic acid groups (broad SMARTS) is 1. The molecule has 0 atom stereocenters. The molecular weight excluding hydrogens is 517 g/mol. The number of carboxylic acids is 1. The second-order valence-electron chi connectivity index (χ2n) is 8.66. The van der Waals surface area contributed by atoms with Gasteiger partial charge in [-0.3, -0.25) is 4.79 Å². The number of halogens is 4. The highest BCUT2D eigenvalue weighted by atomic mass is 35.5. The zero-order chi connectivity index (χ0) is 27.7. The van der Waals surface area contributed by atoms with Crippen molar-refractivity contribution >= 4 is 23.5 Å². The molecule has 0 radical (unpaired) electrons. The number of hydrogen-bond donors (Lipinski definition) is 2. The number of amides is 1. The molecule has 0 bridgehead atoms. The van der Waals surface area contributed by atoms with Crippen LogP contribution in [0.15, 0.2) is 72.8 Å². The van der Waals surface area contributed by atoms with Gasteiger partial charge < -0.3 is 15.7 Å². The molecule has 1 aliphatic heterocycles. The van der Waals surface area contributed by atoms with Crippen LogP contribution < -0.4 is 5.73 Å². The lowest BCUT2D eigenvalue weighted by Crippen LogP contribution is -2.37. The van der Waals surface area contributed by atoms with Gasteiger partial charge in [0.1, 0.15) is 0 Å². The van der Waals surface area contributed by atoms with Gasteiger partial charge in [0.05, 0.1) is 0 Å². The Morgan fingerprint density at radius 1 is 0.947 bits per heavy atom. The molecule has 3 N–H and O–H groups in total. The van der Waals surface area contributed by atoms with Gasteiger partial charge in [0, 0.05) is 41.3 Å². The maximum absolute atomic E-state index is 13.1. The normalized spacial score (nSPS) is 13.6. The summed E-state index contributed by atoms with van der Waals surface area (Å²) in [5.74, 6) is 4.06. The van der Waals surface area contributed by atoms with Gasteiger partial charge in [-0.2, -0.15) is 13.2 Å². The van der Waals surface area contributed by atoms with Crippen molar-refractivity contribution in [1.82, 2.24) is 4.90 Å². The third-order valence-corrected chi connectivity index (χ3v) is 6.24. The van der Waals surface area contributed by atoms with Gasteiger partial charge in [-0.15, -0.1) is 0 Å². The average molecular weight is 543 g/mol. The molecule has 3 aromatic carbocycles. The molecule has 1 saturated heterocycles. The Morgan fingerprint density at radius 2 is 1.55 bits per heavy atom. The van der Waals surface area contributed by atoms with Gasteiger partial charge in [-0.05, 0) is 72.4 Å². The number of piperidine rings is 1. The molecule has 4 rings (SSSR count). The molecule has 5 nitrogen and oxygen atoms in total. The van der Waals surface area contributed by atoms with E-state index in [0.29, 0.717) is 23.0 Å². The van der Waals surface area contributed by atoms with Crippen molar-refractivity contribution in [3.05, 3.63) is 106 Å². The van der Waals surface area contributed by atoms with E-state index >= 15 is 0 Å². The molecule has 1 fully saturated rings. The third kappa shape index (κ3) is 8.37. The van der Waals surface area contributed by atoms with Crippen molar-refractivity contribution in [2.75, 3.05) is 13.1 Å². The predicted molar refractivity (Wildman–Crippen MR) is 140 cm³/mol. The molecule has 1 heterocycles. The standard InChI is InChI=1S/C27H25ClN2O.C2HF3O2/c28-26-11-9-20(10-12-26)7-8-21-3-1-6-25(17-21)27(31)30-15-13-23(14-16-30)24-5-2-4-22(18-24)19-29;3-2(4,5)1(6)7/h1-6,9-12,17-18,23H,13-16,19,29H2;(H,6,7). The van der Waals surface area contributed by atoms with Gasteiger partial charge in [0.25, 0.3) is 5.91 Å². The summed E-state index contributed by atoms with van der Waals surface area (Å²) in [6.07, 6.45) is -3.15. The monoisotopic (exact) mass is 542 g/mol. The van der Waals surface area contributed by atoms with Crippen LogP contribution in [0.25, 0.3) is 0 Å². The molecule has 38 heavy (non-hydrogen) atoms. The number of carbonyl (C=O) groups excluding carboxylic acids is 1. The highest BCUT2D eigenvalue weighted by Gasteiger charge is 2.38. The molecule has 9 heteroatoms. The number of carbonyl (C=O) groups is 2. The fourth-order valence-electron chi connectivity index (χ4n) is 3.98. The maximum Gasteiger partial charge on any atom is 0.490 e. The number of nitrogens with two attached hydrogens (primary N) is 1. The summed E-state index contributed by atoms with van der Waals surface area (Å²) in [7, 11) is 0. The Balaban J connectivity index is 0.000000505. The van der Waals surface area contributed by atoms with Crippen LogP contribution in [0.4, 0.5) is 13.2 Å². The van der Waals surface area contributed by atoms with E-state index in [4.69, 9.17) is 27.2 Å². The highest BCUT2D eigenvalue weighted by Crippen LogP contribution is 2.29. The second-order valence-corrected chi connectivity index (χ2v) is 9.09. The highest BCUT2D eigenvalue weighted by molar-refractivity contribution is 6.30. The number of likely N-dealkylation sites (tertiary alicyclic amines) is 1. The Kier molecular flexibility index (Phi) is 9.94. The number of benzene rings is 3. The second kappa shape index (κ2) is 13.1. The minimum Gasteiger partial charge on any atom is -0.475 e. The van der Waals surface area contributed by atoms with Crippen LogP contribution in [-0.2, 0) is 11.3 Å². The van der Waals surface area contributed by atoms with Gasteiger partial charge in [0.15, 0.2) is 0 Å². The van der Waals surface area contributed by atoms with Crippen LogP contribution in [0.2, 0.25) is 5.02 Å². The van der Waals surface area contributed by atoms with Crippen molar-refractivity contribution in [1.29, 1.82) is 0 Å². The number of rotatable bonds is 3. The van der Waals surface area contributed by atoms with Crippen LogP contribution in [0, 0.1) is 11.8 Å². The molecule has 0 saturated carbocycles. The Labute approximate surface area is 224 Å². The maximum atomic E-state index is 13.1. The van der Waals surface area contributed by atoms with Gasteiger partial charge in [-0.25, -0.2) is 4.79 Å². The fraction of sp³-hybridized carbons (Fsp3) is 0.241. The molecular formula is C29H26ClF3N2O3. The summed E-state index contributed by atoms with van der Waals surface area (Å²) in [4.78, 5) is 23.9. The van der Waals surface area contributed by atoms with E-state index in [2.05, 4.69) is 36.1 Å². The number of alkyl halides is 3. The molecule has 3 aromatic rings. The summed E-state index contributed by atoms with van der Waals surface area (Å²) < 4.78 is 31.7. The first-order chi connectivity index (χ1) is 18.1. The summed E-state index contributed by atoms with van der Waals surface area (Å²) in [5.41, 5.74) is 10.7. The van der Waals surface area contributed by atoms with Gasteiger partial charge in [-0.1, -0.05) is 53.8 Å². The van der Waals surface area contributed by atoms with Gasteiger partial charge >= 0.3 is 12.1 Å². The van der Waals surface area contributed by atoms with Crippen molar-refractivity contribution < 1.29 is 27.9 Å². The van der Waals surface area contributed by atoms with E-state index in [9.17, 15) is 18.0 Å². The van der Waals surface area contributed by atoms with E-state index in [1.54, 1.807) is 0 Å². The van der Waals surface area contributed by atoms with Crippen molar-refractivity contribution in [3.8, 4) is 11.8 Å². The van der Waals surface area contributed by atoms with Crippen LogP contribution in [0.3, 0.4) is 0 Å². The lowest BCUT2D eigenvalue weighted by atomic mass is 9.88. The molecule has 0 aliphatic carbocycles. The lowest BCUT2D eigenvalue weighted by molar-refractivity contribution is -0.192. The van der Waals surface area contributed by atoms with E-state index in [0.717, 1.165) is 42.6 Å². The van der Waals surface area contributed by atoms with E-state index in [1.807, 2.05) is 53.4 Å².